The highest BCUT2D eigenvalue weighted by Gasteiger charge is 2.32. The molecular weight excluding hydrogens is 374 g/mol. The van der Waals surface area contributed by atoms with Gasteiger partial charge in [0.05, 0.1) is 12.4 Å². The summed E-state index contributed by atoms with van der Waals surface area (Å²) in [6.07, 6.45) is 3.76. The summed E-state index contributed by atoms with van der Waals surface area (Å²) in [7, 11) is -2.40. The average molecular weight is 395 g/mol. The van der Waals surface area contributed by atoms with Crippen molar-refractivity contribution in [2.24, 2.45) is 0 Å². The van der Waals surface area contributed by atoms with Crippen molar-refractivity contribution in [2.75, 3.05) is 32.7 Å². The Morgan fingerprint density at radius 3 is 2.63 bits per heavy atom. The predicted octanol–water partition coefficient (Wildman–Crippen LogP) is 1.01. The SMILES string of the molecule is COC(=O)CS(=O)(=O)C1CCN(C(=O)C=Cc2ccc3c(c2)OCO3)CC1. The van der Waals surface area contributed by atoms with Crippen molar-refractivity contribution in [3.8, 4) is 11.5 Å². The Morgan fingerprint density at radius 2 is 1.93 bits per heavy atom. The maximum atomic E-state index is 12.3. The molecule has 146 valence electrons. The Balaban J connectivity index is 1.55. The lowest BCUT2D eigenvalue weighted by Crippen LogP contribution is -2.43. The van der Waals surface area contributed by atoms with Gasteiger partial charge in [0, 0.05) is 19.2 Å². The number of methoxy groups -OCH3 is 1. The molecule has 1 aromatic rings. The van der Waals surface area contributed by atoms with E-state index in [0.717, 1.165) is 12.7 Å². The van der Waals surface area contributed by atoms with E-state index in [4.69, 9.17) is 9.47 Å². The van der Waals surface area contributed by atoms with Crippen LogP contribution in [-0.4, -0.2) is 63.2 Å². The number of fused-ring (bicyclic) bond motifs is 1. The highest BCUT2D eigenvalue weighted by molar-refractivity contribution is 7.92. The van der Waals surface area contributed by atoms with Crippen LogP contribution in [0.15, 0.2) is 24.3 Å². The molecule has 0 saturated carbocycles. The van der Waals surface area contributed by atoms with E-state index in [1.807, 2.05) is 6.07 Å². The largest absolute Gasteiger partial charge is 0.468 e. The summed E-state index contributed by atoms with van der Waals surface area (Å²) in [5.41, 5.74) is 0.808. The van der Waals surface area contributed by atoms with Crippen LogP contribution in [0.25, 0.3) is 6.08 Å². The molecule has 0 aliphatic carbocycles. The predicted molar refractivity (Wildman–Crippen MR) is 97.0 cm³/mol. The topological polar surface area (TPSA) is 99.2 Å². The van der Waals surface area contributed by atoms with E-state index >= 15 is 0 Å². The van der Waals surface area contributed by atoms with Gasteiger partial charge in [-0.1, -0.05) is 6.07 Å². The number of hydrogen-bond donors (Lipinski definition) is 0. The number of sulfone groups is 1. The van der Waals surface area contributed by atoms with Crippen molar-refractivity contribution in [3.05, 3.63) is 29.8 Å². The second-order valence-corrected chi connectivity index (χ2v) is 8.64. The summed E-state index contributed by atoms with van der Waals surface area (Å²) >= 11 is 0. The molecule has 27 heavy (non-hydrogen) atoms. The number of benzene rings is 1. The van der Waals surface area contributed by atoms with Gasteiger partial charge < -0.3 is 19.1 Å². The molecule has 0 radical (unpaired) electrons. The minimum atomic E-state index is -3.56. The molecular formula is C18H21NO7S. The first kappa shape index (κ1) is 19.2. The lowest BCUT2D eigenvalue weighted by atomic mass is 10.1. The molecule has 2 heterocycles. The first-order chi connectivity index (χ1) is 12.9. The third-order valence-corrected chi connectivity index (χ3v) is 6.75. The lowest BCUT2D eigenvalue weighted by Gasteiger charge is -2.30. The van der Waals surface area contributed by atoms with E-state index in [1.54, 1.807) is 23.1 Å². The molecule has 2 aliphatic heterocycles. The van der Waals surface area contributed by atoms with Crippen LogP contribution in [0.3, 0.4) is 0 Å². The first-order valence-corrected chi connectivity index (χ1v) is 10.3. The molecule has 1 saturated heterocycles. The minimum absolute atomic E-state index is 0.184. The fraction of sp³-hybridized carbons (Fsp3) is 0.444. The zero-order valence-electron chi connectivity index (χ0n) is 14.9. The third-order valence-electron chi connectivity index (χ3n) is 4.62. The maximum absolute atomic E-state index is 12.3. The average Bonchev–Trinajstić information content (AvgIpc) is 3.13. The summed E-state index contributed by atoms with van der Waals surface area (Å²) in [5.74, 6) is -0.252. The van der Waals surface area contributed by atoms with Crippen LogP contribution in [0.5, 0.6) is 11.5 Å². The zero-order chi connectivity index (χ0) is 19.4. The molecule has 0 N–H and O–H groups in total. The summed E-state index contributed by atoms with van der Waals surface area (Å²) in [5, 5.41) is -0.626. The number of piperidine rings is 1. The van der Waals surface area contributed by atoms with Crippen LogP contribution >= 0.6 is 0 Å². The van der Waals surface area contributed by atoms with Crippen molar-refractivity contribution in [1.82, 2.24) is 4.90 Å². The molecule has 1 amide bonds. The van der Waals surface area contributed by atoms with Gasteiger partial charge in [-0.05, 0) is 36.6 Å². The van der Waals surface area contributed by atoms with E-state index in [9.17, 15) is 18.0 Å². The summed E-state index contributed by atoms with van der Waals surface area (Å²) < 4.78 is 39.4. The molecule has 9 heteroatoms. The molecule has 1 fully saturated rings. The molecule has 0 aromatic heterocycles. The minimum Gasteiger partial charge on any atom is -0.468 e. The van der Waals surface area contributed by atoms with E-state index in [1.165, 1.54) is 6.08 Å². The number of rotatable bonds is 5. The number of hydrogen-bond acceptors (Lipinski definition) is 7. The molecule has 3 rings (SSSR count). The molecule has 0 spiro atoms. The number of esters is 1. The maximum Gasteiger partial charge on any atom is 0.320 e. The fourth-order valence-corrected chi connectivity index (χ4v) is 4.68. The monoisotopic (exact) mass is 395 g/mol. The van der Waals surface area contributed by atoms with Crippen LogP contribution < -0.4 is 9.47 Å². The second kappa shape index (κ2) is 7.99. The summed E-state index contributed by atoms with van der Waals surface area (Å²) in [6, 6.07) is 5.39. The van der Waals surface area contributed by atoms with Crippen LogP contribution in [0.2, 0.25) is 0 Å². The van der Waals surface area contributed by atoms with E-state index in [2.05, 4.69) is 4.74 Å². The Hall–Kier alpha value is -2.55. The smallest absolute Gasteiger partial charge is 0.320 e. The Morgan fingerprint density at radius 1 is 1.22 bits per heavy atom. The van der Waals surface area contributed by atoms with E-state index < -0.39 is 26.8 Å². The van der Waals surface area contributed by atoms with Crippen molar-refractivity contribution in [2.45, 2.75) is 18.1 Å². The Labute approximate surface area is 157 Å². The number of amides is 1. The van der Waals surface area contributed by atoms with Crippen molar-refractivity contribution in [3.63, 3.8) is 0 Å². The van der Waals surface area contributed by atoms with Gasteiger partial charge in [0.15, 0.2) is 21.3 Å². The van der Waals surface area contributed by atoms with Gasteiger partial charge in [-0.3, -0.25) is 9.59 Å². The molecule has 2 aliphatic rings. The van der Waals surface area contributed by atoms with Crippen LogP contribution in [0, 0.1) is 0 Å². The van der Waals surface area contributed by atoms with Gasteiger partial charge in [-0.25, -0.2) is 8.42 Å². The van der Waals surface area contributed by atoms with Crippen molar-refractivity contribution >= 4 is 27.8 Å². The van der Waals surface area contributed by atoms with E-state index in [-0.39, 0.29) is 12.7 Å². The van der Waals surface area contributed by atoms with Gasteiger partial charge >= 0.3 is 5.97 Å². The molecule has 8 nitrogen and oxygen atoms in total. The van der Waals surface area contributed by atoms with Gasteiger partial charge in [0.2, 0.25) is 12.7 Å². The normalized spacial score (nSPS) is 17.3. The zero-order valence-corrected chi connectivity index (χ0v) is 15.7. The van der Waals surface area contributed by atoms with Crippen LogP contribution in [0.4, 0.5) is 0 Å². The quantitative estimate of drug-likeness (QED) is 0.542. The number of carbonyl (C=O) groups is 2. The molecule has 0 atom stereocenters. The van der Waals surface area contributed by atoms with Gasteiger partial charge in [-0.2, -0.15) is 0 Å². The Bertz CT molecular complexity index is 854. The van der Waals surface area contributed by atoms with Crippen molar-refractivity contribution in [1.29, 1.82) is 0 Å². The van der Waals surface area contributed by atoms with Crippen molar-refractivity contribution < 1.29 is 32.2 Å². The van der Waals surface area contributed by atoms with Gasteiger partial charge in [-0.15, -0.1) is 0 Å². The summed E-state index contributed by atoms with van der Waals surface area (Å²) in [4.78, 5) is 25.2. The number of likely N-dealkylation sites (tertiary alicyclic amines) is 1. The number of nitrogens with zero attached hydrogens (tertiary/aromatic N) is 1. The van der Waals surface area contributed by atoms with E-state index in [0.29, 0.717) is 37.4 Å². The van der Waals surface area contributed by atoms with Crippen LogP contribution in [0.1, 0.15) is 18.4 Å². The van der Waals surface area contributed by atoms with Gasteiger partial charge in [0.1, 0.15) is 5.75 Å². The van der Waals surface area contributed by atoms with Gasteiger partial charge in [0.25, 0.3) is 0 Å². The highest BCUT2D eigenvalue weighted by Crippen LogP contribution is 2.32. The number of ether oxygens (including phenoxy) is 3. The number of carbonyl (C=O) groups excluding carboxylic acids is 2. The Kier molecular flexibility index (Phi) is 5.69. The molecule has 0 unspecified atom stereocenters. The van der Waals surface area contributed by atoms with Crippen LogP contribution in [-0.2, 0) is 24.2 Å². The molecule has 1 aromatic carbocycles. The molecule has 0 bridgehead atoms. The highest BCUT2D eigenvalue weighted by atomic mass is 32.2. The second-order valence-electron chi connectivity index (χ2n) is 6.35. The standard InChI is InChI=1S/C18H21NO7S/c1-24-18(21)11-27(22,23)14-6-8-19(9-7-14)17(20)5-3-13-2-4-15-16(10-13)26-12-25-15/h2-5,10,14H,6-9,11-12H2,1H3. The third kappa shape index (κ3) is 4.60. The fourth-order valence-electron chi connectivity index (χ4n) is 3.07. The first-order valence-electron chi connectivity index (χ1n) is 8.54. The summed E-state index contributed by atoms with van der Waals surface area (Å²) in [6.45, 7) is 0.847. The lowest BCUT2D eigenvalue weighted by molar-refractivity contribution is -0.137.